The van der Waals surface area contributed by atoms with Crippen LogP contribution in [0.1, 0.15) is 46.3 Å². The van der Waals surface area contributed by atoms with Gasteiger partial charge < -0.3 is 9.16 Å². The third-order valence-electron chi connectivity index (χ3n) is 5.08. The first-order chi connectivity index (χ1) is 11.2. The molecule has 0 saturated carbocycles. The molecule has 1 fully saturated rings. The summed E-state index contributed by atoms with van der Waals surface area (Å²) >= 11 is 2.27. The number of ether oxygens (including phenoxy) is 1. The normalized spacial score (nSPS) is 19.7. The van der Waals surface area contributed by atoms with E-state index in [1.54, 1.807) is 0 Å². The Morgan fingerprint density at radius 1 is 1.33 bits per heavy atom. The number of fused-ring (bicyclic) bond motifs is 1. The van der Waals surface area contributed by atoms with E-state index in [-0.39, 0.29) is 11.3 Å². The second-order valence-electron chi connectivity index (χ2n) is 7.96. The van der Waals surface area contributed by atoms with E-state index in [0.717, 1.165) is 39.9 Å². The van der Waals surface area contributed by atoms with E-state index in [0.29, 0.717) is 0 Å². The van der Waals surface area contributed by atoms with Gasteiger partial charge in [0.15, 0.2) is 11.9 Å². The number of halogens is 1. The highest BCUT2D eigenvalue weighted by atomic mass is 127. The first-order valence-corrected chi connectivity index (χ1v) is 12.5. The molecular formula is C17H26IN3O2Si. The van der Waals surface area contributed by atoms with E-state index < -0.39 is 8.32 Å². The lowest BCUT2D eigenvalue weighted by Gasteiger charge is -2.36. The molecular weight excluding hydrogens is 433 g/mol. The highest BCUT2D eigenvalue weighted by molar-refractivity contribution is 14.1. The van der Waals surface area contributed by atoms with E-state index in [9.17, 15) is 0 Å². The van der Waals surface area contributed by atoms with Crippen molar-refractivity contribution < 1.29 is 9.16 Å². The van der Waals surface area contributed by atoms with E-state index in [1.807, 2.05) is 10.9 Å². The molecule has 0 N–H and O–H groups in total. The molecule has 132 valence electrons. The quantitative estimate of drug-likeness (QED) is 0.472. The van der Waals surface area contributed by atoms with Crippen molar-refractivity contribution in [1.29, 1.82) is 0 Å². The van der Waals surface area contributed by atoms with Crippen LogP contribution in [0.3, 0.4) is 0 Å². The fourth-order valence-corrected chi connectivity index (χ4v) is 4.23. The van der Waals surface area contributed by atoms with Crippen LogP contribution in [0.2, 0.25) is 18.1 Å². The molecule has 0 aromatic carbocycles. The molecule has 2 aromatic heterocycles. The fourth-order valence-electron chi connectivity index (χ4n) is 2.59. The molecule has 0 spiro atoms. The van der Waals surface area contributed by atoms with Gasteiger partial charge in [-0.1, -0.05) is 20.8 Å². The minimum absolute atomic E-state index is 0.00410. The lowest BCUT2D eigenvalue weighted by molar-refractivity contribution is -0.0372. The number of hydrogen-bond acceptors (Lipinski definition) is 4. The Bertz CT molecular complexity index is 733. The lowest BCUT2D eigenvalue weighted by Crippen LogP contribution is -2.43. The third kappa shape index (κ3) is 3.48. The largest absolute Gasteiger partial charge is 0.542 e. The number of rotatable bonds is 3. The standard InChI is InChI=1S/C17H26IN3O2Si/c1-17(2,3)24(4,5)23-12-10-13-15(18)20-21(16(13)19-11-12)14-8-6-7-9-22-14/h10-11,14H,6-9H2,1-5H3. The summed E-state index contributed by atoms with van der Waals surface area (Å²) in [4.78, 5) is 4.66. The highest BCUT2D eigenvalue weighted by Crippen LogP contribution is 2.38. The van der Waals surface area contributed by atoms with Crippen molar-refractivity contribution in [3.63, 3.8) is 0 Å². The molecule has 0 bridgehead atoms. The Kier molecular flexibility index (Phi) is 4.96. The van der Waals surface area contributed by atoms with Crippen molar-refractivity contribution in [2.75, 3.05) is 6.61 Å². The minimum atomic E-state index is -1.87. The van der Waals surface area contributed by atoms with Crippen molar-refractivity contribution in [1.82, 2.24) is 14.8 Å². The van der Waals surface area contributed by atoms with Gasteiger partial charge in [-0.25, -0.2) is 9.67 Å². The SMILES string of the molecule is CC(C)(C)[Si](C)(C)Oc1cnc2c(c1)c(I)nn2C1CCCCO1. The molecule has 3 rings (SSSR count). The molecule has 7 heteroatoms. The van der Waals surface area contributed by atoms with Gasteiger partial charge in [-0.2, -0.15) is 5.10 Å². The van der Waals surface area contributed by atoms with Crippen LogP contribution < -0.4 is 4.43 Å². The van der Waals surface area contributed by atoms with Crippen LogP contribution in [-0.2, 0) is 4.74 Å². The molecule has 1 unspecified atom stereocenters. The van der Waals surface area contributed by atoms with Crippen LogP contribution in [-0.4, -0.2) is 29.7 Å². The fraction of sp³-hybridized carbons (Fsp3) is 0.647. The first-order valence-electron chi connectivity index (χ1n) is 8.53. The molecule has 1 atom stereocenters. The number of aromatic nitrogens is 3. The van der Waals surface area contributed by atoms with Crippen LogP contribution in [0.5, 0.6) is 5.75 Å². The van der Waals surface area contributed by atoms with Gasteiger partial charge in [0.25, 0.3) is 8.32 Å². The zero-order valence-electron chi connectivity index (χ0n) is 15.1. The predicted octanol–water partition coefficient (Wildman–Crippen LogP) is 5.12. The van der Waals surface area contributed by atoms with Crippen molar-refractivity contribution in [3.05, 3.63) is 16.0 Å². The van der Waals surface area contributed by atoms with Gasteiger partial charge in [0.1, 0.15) is 9.45 Å². The number of hydrogen-bond donors (Lipinski definition) is 0. The summed E-state index contributed by atoms with van der Waals surface area (Å²) in [5.74, 6) is 0.844. The Hall–Kier alpha value is -0.673. The van der Waals surface area contributed by atoms with E-state index in [1.165, 1.54) is 6.42 Å². The summed E-state index contributed by atoms with van der Waals surface area (Å²) in [5, 5.41) is 5.88. The predicted molar refractivity (Wildman–Crippen MR) is 107 cm³/mol. The minimum Gasteiger partial charge on any atom is -0.542 e. The highest BCUT2D eigenvalue weighted by Gasteiger charge is 2.39. The zero-order valence-corrected chi connectivity index (χ0v) is 18.3. The Morgan fingerprint density at radius 3 is 2.71 bits per heavy atom. The average molecular weight is 459 g/mol. The van der Waals surface area contributed by atoms with Crippen molar-refractivity contribution in [2.24, 2.45) is 0 Å². The summed E-state index contributed by atoms with van der Waals surface area (Å²) in [6.45, 7) is 12.0. The third-order valence-corrected chi connectivity index (χ3v) is 10.2. The summed E-state index contributed by atoms with van der Waals surface area (Å²) in [5.41, 5.74) is 0.883. The molecule has 1 aliphatic rings. The maximum absolute atomic E-state index is 6.39. The maximum atomic E-state index is 6.39. The van der Waals surface area contributed by atoms with Crippen molar-refractivity contribution in [2.45, 2.75) is 64.4 Å². The Labute approximate surface area is 158 Å². The van der Waals surface area contributed by atoms with Gasteiger partial charge in [0.2, 0.25) is 0 Å². The van der Waals surface area contributed by atoms with Crippen LogP contribution in [0, 0.1) is 3.70 Å². The molecule has 5 nitrogen and oxygen atoms in total. The van der Waals surface area contributed by atoms with Crippen LogP contribution in [0.15, 0.2) is 12.3 Å². The summed E-state index contributed by atoms with van der Waals surface area (Å²) in [7, 11) is -1.87. The van der Waals surface area contributed by atoms with Gasteiger partial charge >= 0.3 is 0 Å². The molecule has 24 heavy (non-hydrogen) atoms. The Morgan fingerprint density at radius 2 is 2.08 bits per heavy atom. The monoisotopic (exact) mass is 459 g/mol. The topological polar surface area (TPSA) is 49.2 Å². The lowest BCUT2D eigenvalue weighted by atomic mass is 10.2. The van der Waals surface area contributed by atoms with Crippen LogP contribution in [0.4, 0.5) is 0 Å². The Balaban J connectivity index is 1.93. The molecule has 0 radical (unpaired) electrons. The number of pyridine rings is 1. The van der Waals surface area contributed by atoms with Crippen molar-refractivity contribution in [3.8, 4) is 5.75 Å². The van der Waals surface area contributed by atoms with E-state index in [2.05, 4.69) is 72.6 Å². The molecule has 1 aliphatic heterocycles. The number of nitrogens with zero attached hydrogens (tertiary/aromatic N) is 3. The van der Waals surface area contributed by atoms with Gasteiger partial charge in [-0.3, -0.25) is 0 Å². The molecule has 0 amide bonds. The first kappa shape index (κ1) is 18.1. The smallest absolute Gasteiger partial charge is 0.250 e. The molecule has 3 heterocycles. The second kappa shape index (κ2) is 6.57. The average Bonchev–Trinajstić information content (AvgIpc) is 2.83. The maximum Gasteiger partial charge on any atom is 0.250 e. The molecule has 0 aliphatic carbocycles. The van der Waals surface area contributed by atoms with E-state index in [4.69, 9.17) is 9.16 Å². The molecule has 1 saturated heterocycles. The summed E-state index contributed by atoms with van der Waals surface area (Å²) < 4.78 is 15.1. The summed E-state index contributed by atoms with van der Waals surface area (Å²) in [6.07, 6.45) is 5.14. The van der Waals surface area contributed by atoms with Gasteiger partial charge in [-0.05, 0) is 66.1 Å². The zero-order chi connectivity index (χ0) is 17.5. The molecule has 2 aromatic rings. The van der Waals surface area contributed by atoms with Crippen LogP contribution >= 0.6 is 22.6 Å². The van der Waals surface area contributed by atoms with Gasteiger partial charge in [0, 0.05) is 6.61 Å². The van der Waals surface area contributed by atoms with Gasteiger partial charge in [0.05, 0.1) is 11.6 Å². The second-order valence-corrected chi connectivity index (χ2v) is 13.7. The summed E-state index contributed by atoms with van der Waals surface area (Å²) in [6, 6.07) is 2.08. The van der Waals surface area contributed by atoms with Gasteiger partial charge in [-0.15, -0.1) is 0 Å². The van der Waals surface area contributed by atoms with E-state index >= 15 is 0 Å². The van der Waals surface area contributed by atoms with Crippen LogP contribution in [0.25, 0.3) is 11.0 Å². The van der Waals surface area contributed by atoms with Crippen molar-refractivity contribution >= 4 is 41.9 Å².